The molecule has 1 saturated heterocycles. The van der Waals surface area contributed by atoms with E-state index in [4.69, 9.17) is 4.74 Å². The van der Waals surface area contributed by atoms with Gasteiger partial charge in [0.15, 0.2) is 17.5 Å². The molecular formula is C18H21F2N3O. The fourth-order valence-corrected chi connectivity index (χ4v) is 3.19. The Labute approximate surface area is 140 Å². The van der Waals surface area contributed by atoms with Crippen molar-refractivity contribution in [2.75, 3.05) is 20.2 Å². The summed E-state index contributed by atoms with van der Waals surface area (Å²) in [5.41, 5.74) is 1.39. The molecule has 0 bridgehead atoms. The van der Waals surface area contributed by atoms with Gasteiger partial charge < -0.3 is 4.74 Å². The number of piperidine rings is 1. The molecule has 1 fully saturated rings. The number of benzene rings is 1. The summed E-state index contributed by atoms with van der Waals surface area (Å²) in [7, 11) is 1.62. The minimum atomic E-state index is -0.791. The molecule has 1 aliphatic rings. The zero-order valence-electron chi connectivity index (χ0n) is 13.7. The SMILES string of the molecule is COCc1nccc(C2CCCN(Cc3cccc(F)c3F)C2)n1. The number of aromatic nitrogens is 2. The lowest BCUT2D eigenvalue weighted by Crippen LogP contribution is -2.34. The van der Waals surface area contributed by atoms with Gasteiger partial charge in [0.2, 0.25) is 0 Å². The molecule has 1 atom stereocenters. The topological polar surface area (TPSA) is 38.2 Å². The van der Waals surface area contributed by atoms with Gasteiger partial charge in [0.25, 0.3) is 0 Å². The summed E-state index contributed by atoms with van der Waals surface area (Å²) in [6.45, 7) is 2.46. The summed E-state index contributed by atoms with van der Waals surface area (Å²) in [5.74, 6) is -0.595. The van der Waals surface area contributed by atoms with Crippen LogP contribution in [0.4, 0.5) is 8.78 Å². The second-order valence-corrected chi connectivity index (χ2v) is 6.12. The van der Waals surface area contributed by atoms with Gasteiger partial charge in [-0.15, -0.1) is 0 Å². The molecule has 3 rings (SSSR count). The van der Waals surface area contributed by atoms with Crippen LogP contribution in [0.1, 0.15) is 35.8 Å². The summed E-state index contributed by atoms with van der Waals surface area (Å²) in [6, 6.07) is 6.27. The maximum Gasteiger partial charge on any atom is 0.163 e. The summed E-state index contributed by atoms with van der Waals surface area (Å²) >= 11 is 0. The van der Waals surface area contributed by atoms with Gasteiger partial charge in [0.05, 0.1) is 0 Å². The lowest BCUT2D eigenvalue weighted by atomic mass is 9.94. The molecular weight excluding hydrogens is 312 g/mol. The standard InChI is InChI=1S/C18H21F2N3O/c1-24-12-17-21-8-7-16(22-17)13-5-3-9-23(10-13)11-14-4-2-6-15(19)18(14)20/h2,4,6-8,13H,3,5,9-12H2,1H3. The lowest BCUT2D eigenvalue weighted by molar-refractivity contribution is 0.175. The Morgan fingerprint density at radius 1 is 1.29 bits per heavy atom. The van der Waals surface area contributed by atoms with Crippen molar-refractivity contribution in [3.05, 3.63) is 59.2 Å². The molecule has 128 valence electrons. The zero-order chi connectivity index (χ0) is 16.9. The Kier molecular flexibility index (Phi) is 5.48. The molecule has 1 aromatic carbocycles. The van der Waals surface area contributed by atoms with Gasteiger partial charge in [-0.3, -0.25) is 4.90 Å². The molecule has 1 aromatic heterocycles. The first-order valence-electron chi connectivity index (χ1n) is 8.13. The molecule has 24 heavy (non-hydrogen) atoms. The quantitative estimate of drug-likeness (QED) is 0.842. The molecule has 6 heteroatoms. The van der Waals surface area contributed by atoms with Crippen LogP contribution in [0.3, 0.4) is 0 Å². The van der Waals surface area contributed by atoms with Crippen molar-refractivity contribution in [2.24, 2.45) is 0 Å². The number of nitrogens with zero attached hydrogens (tertiary/aromatic N) is 3. The average molecular weight is 333 g/mol. The second-order valence-electron chi connectivity index (χ2n) is 6.12. The average Bonchev–Trinajstić information content (AvgIpc) is 2.60. The Balaban J connectivity index is 1.70. The monoisotopic (exact) mass is 333 g/mol. The predicted octanol–water partition coefficient (Wildman–Crippen LogP) is 3.28. The Bertz CT molecular complexity index is 696. The number of hydrogen-bond acceptors (Lipinski definition) is 4. The van der Waals surface area contributed by atoms with E-state index >= 15 is 0 Å². The van der Waals surface area contributed by atoms with Gasteiger partial charge in [0.1, 0.15) is 6.61 Å². The van der Waals surface area contributed by atoms with Crippen LogP contribution in [-0.4, -0.2) is 35.1 Å². The van der Waals surface area contributed by atoms with Crippen LogP contribution in [0.2, 0.25) is 0 Å². The smallest absolute Gasteiger partial charge is 0.163 e. The number of likely N-dealkylation sites (tertiary alicyclic amines) is 1. The van der Waals surface area contributed by atoms with Crippen LogP contribution in [-0.2, 0) is 17.9 Å². The highest BCUT2D eigenvalue weighted by atomic mass is 19.2. The summed E-state index contributed by atoms with van der Waals surface area (Å²) < 4.78 is 32.3. The van der Waals surface area contributed by atoms with E-state index in [2.05, 4.69) is 14.9 Å². The molecule has 4 nitrogen and oxygen atoms in total. The van der Waals surface area contributed by atoms with Crippen LogP contribution in [0, 0.1) is 11.6 Å². The van der Waals surface area contributed by atoms with Gasteiger partial charge in [-0.25, -0.2) is 18.7 Å². The van der Waals surface area contributed by atoms with Crippen molar-refractivity contribution in [3.8, 4) is 0 Å². The van der Waals surface area contributed by atoms with Crippen LogP contribution < -0.4 is 0 Å². The van der Waals surface area contributed by atoms with Gasteiger partial charge in [-0.05, 0) is 31.5 Å². The van der Waals surface area contributed by atoms with Crippen LogP contribution in [0.5, 0.6) is 0 Å². The van der Waals surface area contributed by atoms with Crippen molar-refractivity contribution in [3.63, 3.8) is 0 Å². The molecule has 0 spiro atoms. The van der Waals surface area contributed by atoms with Crippen molar-refractivity contribution < 1.29 is 13.5 Å². The fourth-order valence-electron chi connectivity index (χ4n) is 3.19. The summed E-state index contributed by atoms with van der Waals surface area (Å²) in [4.78, 5) is 10.9. The molecule has 1 aliphatic heterocycles. The van der Waals surface area contributed by atoms with Crippen LogP contribution in [0.25, 0.3) is 0 Å². The predicted molar refractivity (Wildman–Crippen MR) is 86.4 cm³/mol. The third-order valence-electron chi connectivity index (χ3n) is 4.35. The number of halogens is 2. The van der Waals surface area contributed by atoms with E-state index in [0.29, 0.717) is 24.5 Å². The van der Waals surface area contributed by atoms with Crippen molar-refractivity contribution in [1.82, 2.24) is 14.9 Å². The van der Waals surface area contributed by atoms with E-state index in [9.17, 15) is 8.78 Å². The van der Waals surface area contributed by atoms with E-state index in [1.165, 1.54) is 0 Å². The first-order chi connectivity index (χ1) is 11.7. The summed E-state index contributed by atoms with van der Waals surface area (Å²) in [6.07, 6.45) is 3.79. The minimum Gasteiger partial charge on any atom is -0.377 e. The molecule has 0 amide bonds. The highest BCUT2D eigenvalue weighted by molar-refractivity contribution is 5.19. The van der Waals surface area contributed by atoms with Gasteiger partial charge in [-0.1, -0.05) is 12.1 Å². The maximum absolute atomic E-state index is 13.9. The molecule has 1 unspecified atom stereocenters. The Hall–Kier alpha value is -1.92. The van der Waals surface area contributed by atoms with E-state index in [0.717, 1.165) is 37.7 Å². The van der Waals surface area contributed by atoms with Crippen LogP contribution in [0.15, 0.2) is 30.5 Å². The van der Waals surface area contributed by atoms with E-state index in [1.807, 2.05) is 6.07 Å². The number of hydrogen-bond donors (Lipinski definition) is 0. The van der Waals surface area contributed by atoms with Crippen LogP contribution >= 0.6 is 0 Å². The van der Waals surface area contributed by atoms with E-state index in [1.54, 1.807) is 25.4 Å². The van der Waals surface area contributed by atoms with Crippen molar-refractivity contribution in [1.29, 1.82) is 0 Å². The molecule has 0 aliphatic carbocycles. The summed E-state index contributed by atoms with van der Waals surface area (Å²) in [5, 5.41) is 0. The maximum atomic E-state index is 13.9. The number of rotatable bonds is 5. The highest BCUT2D eigenvalue weighted by Gasteiger charge is 2.23. The van der Waals surface area contributed by atoms with Gasteiger partial charge in [-0.2, -0.15) is 0 Å². The highest BCUT2D eigenvalue weighted by Crippen LogP contribution is 2.27. The molecule has 2 heterocycles. The zero-order valence-corrected chi connectivity index (χ0v) is 13.7. The molecule has 0 N–H and O–H groups in total. The molecule has 2 aromatic rings. The Morgan fingerprint density at radius 3 is 3.00 bits per heavy atom. The van der Waals surface area contributed by atoms with Crippen molar-refractivity contribution in [2.45, 2.75) is 31.9 Å². The van der Waals surface area contributed by atoms with Gasteiger partial charge in [0, 0.05) is 43.6 Å². The van der Waals surface area contributed by atoms with Gasteiger partial charge >= 0.3 is 0 Å². The largest absolute Gasteiger partial charge is 0.377 e. The van der Waals surface area contributed by atoms with Crippen molar-refractivity contribution >= 4 is 0 Å². The first kappa shape index (κ1) is 16.9. The third-order valence-corrected chi connectivity index (χ3v) is 4.35. The fraction of sp³-hybridized carbons (Fsp3) is 0.444. The molecule has 0 radical (unpaired) electrons. The first-order valence-corrected chi connectivity index (χ1v) is 8.13. The third kappa shape index (κ3) is 3.94. The number of methoxy groups -OCH3 is 1. The normalized spacial score (nSPS) is 18.7. The number of ether oxygens (including phenoxy) is 1. The second kappa shape index (κ2) is 7.77. The molecule has 0 saturated carbocycles. The van der Waals surface area contributed by atoms with E-state index < -0.39 is 11.6 Å². The minimum absolute atomic E-state index is 0.272. The lowest BCUT2D eigenvalue weighted by Gasteiger charge is -2.32. The van der Waals surface area contributed by atoms with E-state index in [-0.39, 0.29) is 5.92 Å². The Morgan fingerprint density at radius 2 is 2.17 bits per heavy atom.